The highest BCUT2D eigenvalue weighted by atomic mass is 16.2. The lowest BCUT2D eigenvalue weighted by atomic mass is 9.91. The third-order valence-electron chi connectivity index (χ3n) is 6.47. The number of likely N-dealkylation sites (tertiary alicyclic amines) is 1. The molecule has 1 saturated heterocycles. The molecule has 3 rings (SSSR count). The first kappa shape index (κ1) is 22.1. The smallest absolute Gasteiger partial charge is 0.253 e. The molecule has 0 spiro atoms. The van der Waals surface area contributed by atoms with Gasteiger partial charge in [-0.25, -0.2) is 0 Å². The van der Waals surface area contributed by atoms with Crippen LogP contribution in [-0.2, 0) is 18.3 Å². The molecule has 2 heterocycles. The molecule has 1 aromatic carbocycles. The molecule has 0 aliphatic carbocycles. The van der Waals surface area contributed by atoms with Gasteiger partial charge in [0.15, 0.2) is 0 Å². The van der Waals surface area contributed by atoms with Crippen molar-refractivity contribution in [1.29, 1.82) is 0 Å². The Morgan fingerprint density at radius 1 is 1.13 bits per heavy atom. The Hall–Kier alpha value is -2.63. The molecule has 0 saturated carbocycles. The minimum Gasteiger partial charge on any atom is -0.345 e. The molecule has 162 valence electrons. The van der Waals surface area contributed by atoms with Gasteiger partial charge in [0.2, 0.25) is 5.91 Å². The van der Waals surface area contributed by atoms with E-state index >= 15 is 0 Å². The number of carbonyl (C=O) groups excluding carboxylic acids is 2. The molecule has 0 radical (unpaired) electrons. The van der Waals surface area contributed by atoms with Crippen LogP contribution in [0.5, 0.6) is 0 Å². The van der Waals surface area contributed by atoms with Crippen molar-refractivity contribution >= 4 is 11.8 Å². The summed E-state index contributed by atoms with van der Waals surface area (Å²) in [6, 6.07) is 9.48. The number of benzene rings is 1. The molecule has 6 heteroatoms. The lowest BCUT2D eigenvalue weighted by molar-refractivity contribution is -0.130. The molecule has 2 aromatic rings. The second-order valence-electron chi connectivity index (χ2n) is 8.48. The first-order valence-electron chi connectivity index (χ1n) is 10.9. The van der Waals surface area contributed by atoms with Crippen molar-refractivity contribution in [2.45, 2.75) is 46.0 Å². The highest BCUT2D eigenvalue weighted by Crippen LogP contribution is 2.23. The van der Waals surface area contributed by atoms with E-state index in [1.54, 1.807) is 0 Å². The third kappa shape index (κ3) is 5.29. The number of aromatic nitrogens is 2. The monoisotopic (exact) mass is 410 g/mol. The maximum absolute atomic E-state index is 12.6. The second kappa shape index (κ2) is 9.92. The second-order valence-corrected chi connectivity index (χ2v) is 8.48. The molecule has 1 aromatic heterocycles. The maximum Gasteiger partial charge on any atom is 0.253 e. The van der Waals surface area contributed by atoms with Crippen molar-refractivity contribution in [2.24, 2.45) is 13.0 Å². The molecule has 1 fully saturated rings. The molecule has 30 heavy (non-hydrogen) atoms. The maximum atomic E-state index is 12.6. The number of likely N-dealkylation sites (N-methyl/N-ethyl adjacent to an activating group) is 1. The van der Waals surface area contributed by atoms with Gasteiger partial charge in [-0.3, -0.25) is 14.3 Å². The average molecular weight is 411 g/mol. The van der Waals surface area contributed by atoms with Crippen LogP contribution in [0.3, 0.4) is 0 Å². The molecular weight excluding hydrogens is 376 g/mol. The van der Waals surface area contributed by atoms with E-state index in [1.165, 1.54) is 11.3 Å². The Bertz CT molecular complexity index is 867. The highest BCUT2D eigenvalue weighted by Gasteiger charge is 2.24. The van der Waals surface area contributed by atoms with Crippen LogP contribution < -0.4 is 0 Å². The van der Waals surface area contributed by atoms with Crippen molar-refractivity contribution in [2.75, 3.05) is 26.7 Å². The van der Waals surface area contributed by atoms with Crippen LogP contribution >= 0.6 is 0 Å². The minimum atomic E-state index is 0.117. The number of hydrogen-bond acceptors (Lipinski definition) is 3. The van der Waals surface area contributed by atoms with Gasteiger partial charge in [0.1, 0.15) is 0 Å². The number of rotatable bonds is 7. The predicted molar refractivity (Wildman–Crippen MR) is 118 cm³/mol. The zero-order chi connectivity index (χ0) is 21.7. The molecule has 1 aliphatic rings. The minimum absolute atomic E-state index is 0.117. The normalized spacial score (nSPS) is 14.7. The number of carbonyl (C=O) groups is 2. The summed E-state index contributed by atoms with van der Waals surface area (Å²) in [6.45, 7) is 6.38. The van der Waals surface area contributed by atoms with Gasteiger partial charge in [0.05, 0.1) is 5.69 Å². The Balaban J connectivity index is 1.39. The molecule has 0 N–H and O–H groups in total. The van der Waals surface area contributed by atoms with Crippen LogP contribution in [0.2, 0.25) is 0 Å². The number of nitrogens with zero attached hydrogens (tertiary/aromatic N) is 4. The van der Waals surface area contributed by atoms with E-state index in [9.17, 15) is 9.59 Å². The Morgan fingerprint density at radius 2 is 1.80 bits per heavy atom. The van der Waals surface area contributed by atoms with Crippen LogP contribution in [0.25, 0.3) is 0 Å². The average Bonchev–Trinajstić information content (AvgIpc) is 3.01. The quantitative estimate of drug-likeness (QED) is 0.703. The van der Waals surface area contributed by atoms with Crippen molar-refractivity contribution in [3.63, 3.8) is 0 Å². The zero-order valence-electron chi connectivity index (χ0n) is 18.7. The van der Waals surface area contributed by atoms with Crippen LogP contribution in [0, 0.1) is 19.8 Å². The lowest BCUT2D eigenvalue weighted by Gasteiger charge is -2.32. The number of amides is 2. The molecule has 0 atom stereocenters. The van der Waals surface area contributed by atoms with Gasteiger partial charge in [0.25, 0.3) is 5.91 Å². The van der Waals surface area contributed by atoms with E-state index < -0.39 is 0 Å². The SMILES string of the molecule is Cc1nn(C)c(C)c1CCN(C)C(=O)CCC1CCN(C(=O)c2ccccc2)CC1. The highest BCUT2D eigenvalue weighted by molar-refractivity contribution is 5.94. The molecule has 2 amide bonds. The predicted octanol–water partition coefficient (Wildman–Crippen LogP) is 3.37. The van der Waals surface area contributed by atoms with Gasteiger partial charge in [0, 0.05) is 51.4 Å². The number of hydrogen-bond donors (Lipinski definition) is 0. The summed E-state index contributed by atoms with van der Waals surface area (Å²) in [7, 11) is 3.85. The summed E-state index contributed by atoms with van der Waals surface area (Å²) in [4.78, 5) is 28.9. The largest absolute Gasteiger partial charge is 0.345 e. The van der Waals surface area contributed by atoms with Crippen molar-refractivity contribution in [1.82, 2.24) is 19.6 Å². The topological polar surface area (TPSA) is 58.4 Å². The van der Waals surface area contributed by atoms with Crippen LogP contribution in [-0.4, -0.2) is 58.1 Å². The van der Waals surface area contributed by atoms with Crippen molar-refractivity contribution in [3.8, 4) is 0 Å². The summed E-state index contributed by atoms with van der Waals surface area (Å²) in [5, 5.41) is 4.45. The standard InChI is InChI=1S/C24H34N4O2/c1-18-22(19(2)27(4)25-18)14-15-26(3)23(29)11-10-20-12-16-28(17-13-20)24(30)21-8-6-5-7-9-21/h5-9,20H,10-17H2,1-4H3. The number of piperidine rings is 1. The fourth-order valence-corrected chi connectivity index (χ4v) is 4.29. The summed E-state index contributed by atoms with van der Waals surface area (Å²) >= 11 is 0. The van der Waals surface area contributed by atoms with E-state index in [0.29, 0.717) is 12.3 Å². The van der Waals surface area contributed by atoms with Crippen molar-refractivity contribution < 1.29 is 9.59 Å². The first-order valence-corrected chi connectivity index (χ1v) is 10.9. The lowest BCUT2D eigenvalue weighted by Crippen LogP contribution is -2.38. The van der Waals surface area contributed by atoms with E-state index in [2.05, 4.69) is 12.0 Å². The number of aryl methyl sites for hydroxylation is 2. The van der Waals surface area contributed by atoms with Crippen LogP contribution in [0.15, 0.2) is 30.3 Å². The van der Waals surface area contributed by atoms with Gasteiger partial charge >= 0.3 is 0 Å². The summed E-state index contributed by atoms with van der Waals surface area (Å²) in [5.41, 5.74) is 4.22. The summed E-state index contributed by atoms with van der Waals surface area (Å²) in [6.07, 6.45) is 4.28. The van der Waals surface area contributed by atoms with E-state index in [-0.39, 0.29) is 11.8 Å². The molecular formula is C24H34N4O2. The Labute approximate surface area is 179 Å². The summed E-state index contributed by atoms with van der Waals surface area (Å²) < 4.78 is 1.90. The van der Waals surface area contributed by atoms with Gasteiger partial charge in [-0.15, -0.1) is 0 Å². The Kier molecular flexibility index (Phi) is 7.29. The van der Waals surface area contributed by atoms with Crippen LogP contribution in [0.1, 0.15) is 53.0 Å². The van der Waals surface area contributed by atoms with Gasteiger partial charge < -0.3 is 9.80 Å². The molecule has 6 nitrogen and oxygen atoms in total. The summed E-state index contributed by atoms with van der Waals surface area (Å²) in [5.74, 6) is 0.841. The molecule has 0 bridgehead atoms. The van der Waals surface area contributed by atoms with Crippen molar-refractivity contribution in [3.05, 3.63) is 52.8 Å². The van der Waals surface area contributed by atoms with Gasteiger partial charge in [-0.1, -0.05) is 18.2 Å². The third-order valence-corrected chi connectivity index (χ3v) is 6.47. The Morgan fingerprint density at radius 3 is 2.40 bits per heavy atom. The molecule has 0 unspecified atom stereocenters. The van der Waals surface area contributed by atoms with Gasteiger partial charge in [-0.2, -0.15) is 5.10 Å². The van der Waals surface area contributed by atoms with E-state index in [1.807, 2.05) is 65.8 Å². The van der Waals surface area contributed by atoms with Crippen LogP contribution in [0.4, 0.5) is 0 Å². The zero-order valence-corrected chi connectivity index (χ0v) is 18.7. The molecule has 1 aliphatic heterocycles. The van der Waals surface area contributed by atoms with E-state index in [4.69, 9.17) is 0 Å². The fourth-order valence-electron chi connectivity index (χ4n) is 4.29. The fraction of sp³-hybridized carbons (Fsp3) is 0.542. The van der Waals surface area contributed by atoms with Gasteiger partial charge in [-0.05, 0) is 63.1 Å². The first-order chi connectivity index (χ1) is 14.4. The van der Waals surface area contributed by atoms with E-state index in [0.717, 1.165) is 56.6 Å².